The van der Waals surface area contributed by atoms with Crippen molar-refractivity contribution in [3.05, 3.63) is 95.1 Å². The molecule has 1 N–H and O–H groups in total. The summed E-state index contributed by atoms with van der Waals surface area (Å²) in [5.74, 6) is 0.367. The fraction of sp³-hybridized carbons (Fsp3) is 0.241. The Hall–Kier alpha value is -4.26. The molecule has 1 aliphatic rings. The Labute approximate surface area is 210 Å². The van der Waals surface area contributed by atoms with E-state index in [0.29, 0.717) is 28.4 Å². The SMILES string of the molecule is CCc1ccc(/C(O)=C2/C(=O)C(=O)N(CCOc3ccc(OC)cc3)C2c2ccc(OC)cc2)cc1. The van der Waals surface area contributed by atoms with Gasteiger partial charge in [-0.15, -0.1) is 0 Å². The maximum atomic E-state index is 13.2. The Kier molecular flexibility index (Phi) is 7.59. The normalized spacial score (nSPS) is 16.8. The largest absolute Gasteiger partial charge is 0.507 e. The van der Waals surface area contributed by atoms with E-state index in [1.165, 1.54) is 4.90 Å². The molecule has 0 saturated carbocycles. The van der Waals surface area contributed by atoms with E-state index in [1.54, 1.807) is 74.9 Å². The highest BCUT2D eigenvalue weighted by atomic mass is 16.5. The summed E-state index contributed by atoms with van der Waals surface area (Å²) in [6.45, 7) is 2.36. The molecule has 3 aromatic rings. The first-order valence-electron chi connectivity index (χ1n) is 11.7. The van der Waals surface area contributed by atoms with Crippen LogP contribution in [0, 0.1) is 0 Å². The number of aryl methyl sites for hydroxylation is 1. The monoisotopic (exact) mass is 487 g/mol. The second kappa shape index (κ2) is 11.0. The van der Waals surface area contributed by atoms with Crippen LogP contribution in [0.15, 0.2) is 78.4 Å². The van der Waals surface area contributed by atoms with Crippen molar-refractivity contribution >= 4 is 17.4 Å². The van der Waals surface area contributed by atoms with Gasteiger partial charge in [-0.2, -0.15) is 0 Å². The number of carbonyl (C=O) groups excluding carboxylic acids is 2. The zero-order valence-corrected chi connectivity index (χ0v) is 20.6. The maximum Gasteiger partial charge on any atom is 0.295 e. The van der Waals surface area contributed by atoms with Crippen LogP contribution in [0.1, 0.15) is 29.7 Å². The Bertz CT molecular complexity index is 1250. The summed E-state index contributed by atoms with van der Waals surface area (Å²) in [6, 6.07) is 20.8. The second-order valence-corrected chi connectivity index (χ2v) is 8.34. The Morgan fingerprint density at radius 1 is 0.833 bits per heavy atom. The molecule has 0 aliphatic carbocycles. The van der Waals surface area contributed by atoms with Crippen LogP contribution in [0.2, 0.25) is 0 Å². The lowest BCUT2D eigenvalue weighted by atomic mass is 9.95. The van der Waals surface area contributed by atoms with Crippen LogP contribution in [-0.4, -0.2) is 49.1 Å². The molecule has 1 fully saturated rings. The molecule has 1 amide bonds. The van der Waals surface area contributed by atoms with Crippen molar-refractivity contribution < 1.29 is 28.9 Å². The number of ether oxygens (including phenoxy) is 3. The van der Waals surface area contributed by atoms with Crippen LogP contribution in [0.5, 0.6) is 17.2 Å². The van der Waals surface area contributed by atoms with E-state index < -0.39 is 17.7 Å². The zero-order valence-electron chi connectivity index (χ0n) is 20.6. The smallest absolute Gasteiger partial charge is 0.295 e. The van der Waals surface area contributed by atoms with Crippen molar-refractivity contribution in [1.82, 2.24) is 4.90 Å². The summed E-state index contributed by atoms with van der Waals surface area (Å²) in [4.78, 5) is 27.7. The molecule has 7 nitrogen and oxygen atoms in total. The third kappa shape index (κ3) is 5.05. The lowest BCUT2D eigenvalue weighted by molar-refractivity contribution is -0.140. The molecular weight excluding hydrogens is 458 g/mol. The molecule has 1 aliphatic heterocycles. The number of hydrogen-bond acceptors (Lipinski definition) is 6. The van der Waals surface area contributed by atoms with Crippen molar-refractivity contribution in [3.8, 4) is 17.2 Å². The molecule has 7 heteroatoms. The van der Waals surface area contributed by atoms with Crippen LogP contribution < -0.4 is 14.2 Å². The first-order chi connectivity index (χ1) is 17.5. The molecule has 0 spiro atoms. The van der Waals surface area contributed by atoms with Gasteiger partial charge in [0.05, 0.1) is 32.4 Å². The number of benzene rings is 3. The van der Waals surface area contributed by atoms with Gasteiger partial charge in [0.25, 0.3) is 11.7 Å². The fourth-order valence-electron chi connectivity index (χ4n) is 4.23. The molecule has 186 valence electrons. The van der Waals surface area contributed by atoms with Crippen LogP contribution in [0.4, 0.5) is 0 Å². The van der Waals surface area contributed by atoms with Gasteiger partial charge in [-0.05, 0) is 53.9 Å². The van der Waals surface area contributed by atoms with Gasteiger partial charge in [0.15, 0.2) is 0 Å². The topological polar surface area (TPSA) is 85.3 Å². The van der Waals surface area contributed by atoms with Gasteiger partial charge in [-0.3, -0.25) is 9.59 Å². The minimum atomic E-state index is -0.763. The van der Waals surface area contributed by atoms with Gasteiger partial charge >= 0.3 is 0 Å². The average molecular weight is 488 g/mol. The molecule has 1 heterocycles. The third-order valence-corrected chi connectivity index (χ3v) is 6.27. The van der Waals surface area contributed by atoms with Crippen molar-refractivity contribution in [1.29, 1.82) is 0 Å². The first kappa shape index (κ1) is 24.9. The minimum Gasteiger partial charge on any atom is -0.507 e. The lowest BCUT2D eigenvalue weighted by Crippen LogP contribution is -2.33. The van der Waals surface area contributed by atoms with E-state index in [0.717, 1.165) is 12.0 Å². The predicted octanol–water partition coefficient (Wildman–Crippen LogP) is 4.77. The standard InChI is InChI=1S/C29H29NO6/c1-4-19-5-7-21(8-6-19)27(31)25-26(20-9-11-22(34-2)12-10-20)30(29(33)28(25)32)17-18-36-24-15-13-23(35-3)14-16-24/h5-16,26,31H,4,17-18H2,1-3H3/b27-25-. The molecule has 4 rings (SSSR count). The number of likely N-dealkylation sites (tertiary alicyclic amines) is 1. The number of Topliss-reactive ketones (excluding diaryl/α,β-unsaturated/α-hetero) is 1. The number of aliphatic hydroxyl groups excluding tert-OH is 1. The van der Waals surface area contributed by atoms with Gasteiger partial charge in [0, 0.05) is 5.56 Å². The highest BCUT2D eigenvalue weighted by molar-refractivity contribution is 6.46. The van der Waals surface area contributed by atoms with Crippen molar-refractivity contribution in [2.24, 2.45) is 0 Å². The second-order valence-electron chi connectivity index (χ2n) is 8.34. The quantitative estimate of drug-likeness (QED) is 0.266. The van der Waals surface area contributed by atoms with Gasteiger partial charge < -0.3 is 24.2 Å². The van der Waals surface area contributed by atoms with E-state index in [1.807, 2.05) is 19.1 Å². The fourth-order valence-corrected chi connectivity index (χ4v) is 4.23. The number of aliphatic hydroxyl groups is 1. The number of amides is 1. The molecule has 1 saturated heterocycles. The van der Waals surface area contributed by atoms with Crippen LogP contribution >= 0.6 is 0 Å². The van der Waals surface area contributed by atoms with Crippen LogP contribution in [0.25, 0.3) is 5.76 Å². The summed E-state index contributed by atoms with van der Waals surface area (Å²) < 4.78 is 16.2. The van der Waals surface area contributed by atoms with E-state index in [2.05, 4.69) is 0 Å². The molecule has 0 bridgehead atoms. The Morgan fingerprint density at radius 2 is 1.39 bits per heavy atom. The van der Waals surface area contributed by atoms with Crippen molar-refractivity contribution in [2.45, 2.75) is 19.4 Å². The number of carbonyl (C=O) groups is 2. The van der Waals surface area contributed by atoms with Gasteiger partial charge in [0.1, 0.15) is 29.6 Å². The van der Waals surface area contributed by atoms with Gasteiger partial charge in [-0.25, -0.2) is 0 Å². The van der Waals surface area contributed by atoms with E-state index in [9.17, 15) is 14.7 Å². The Morgan fingerprint density at radius 3 is 1.94 bits per heavy atom. The van der Waals surface area contributed by atoms with Gasteiger partial charge in [0.2, 0.25) is 0 Å². The molecule has 36 heavy (non-hydrogen) atoms. The number of hydrogen-bond donors (Lipinski definition) is 1. The summed E-state index contributed by atoms with van der Waals surface area (Å²) in [5, 5.41) is 11.2. The zero-order chi connectivity index (χ0) is 25.7. The molecule has 1 atom stereocenters. The number of ketones is 1. The number of nitrogens with zero attached hydrogens (tertiary/aromatic N) is 1. The number of methoxy groups -OCH3 is 2. The van der Waals surface area contributed by atoms with Crippen molar-refractivity contribution in [3.63, 3.8) is 0 Å². The van der Waals surface area contributed by atoms with Crippen LogP contribution in [-0.2, 0) is 16.0 Å². The molecule has 1 unspecified atom stereocenters. The Balaban J connectivity index is 1.66. The molecule has 0 radical (unpaired) electrons. The maximum absolute atomic E-state index is 13.2. The predicted molar refractivity (Wildman–Crippen MR) is 136 cm³/mol. The van der Waals surface area contributed by atoms with Gasteiger partial charge in [-0.1, -0.05) is 43.3 Å². The summed E-state index contributed by atoms with van der Waals surface area (Å²) in [6.07, 6.45) is 0.853. The highest BCUT2D eigenvalue weighted by Gasteiger charge is 2.46. The average Bonchev–Trinajstić information content (AvgIpc) is 3.18. The summed E-state index contributed by atoms with van der Waals surface area (Å²) >= 11 is 0. The number of rotatable bonds is 9. The first-order valence-corrected chi connectivity index (χ1v) is 11.7. The van der Waals surface area contributed by atoms with E-state index in [-0.39, 0.29) is 24.5 Å². The lowest BCUT2D eigenvalue weighted by Gasteiger charge is -2.25. The highest BCUT2D eigenvalue weighted by Crippen LogP contribution is 2.39. The molecule has 0 aromatic heterocycles. The summed E-state index contributed by atoms with van der Waals surface area (Å²) in [7, 11) is 3.15. The summed E-state index contributed by atoms with van der Waals surface area (Å²) in [5.41, 5.74) is 2.33. The van der Waals surface area contributed by atoms with Crippen LogP contribution in [0.3, 0.4) is 0 Å². The third-order valence-electron chi connectivity index (χ3n) is 6.27. The van der Waals surface area contributed by atoms with E-state index >= 15 is 0 Å². The minimum absolute atomic E-state index is 0.0545. The molecule has 3 aromatic carbocycles. The molecular formula is C29H29NO6. The van der Waals surface area contributed by atoms with Crippen molar-refractivity contribution in [2.75, 3.05) is 27.4 Å². The van der Waals surface area contributed by atoms with E-state index in [4.69, 9.17) is 14.2 Å².